The number of carbonyl (C=O) groups is 1. The van der Waals surface area contributed by atoms with E-state index < -0.39 is 0 Å². The lowest BCUT2D eigenvalue weighted by molar-refractivity contribution is -0.117. The van der Waals surface area contributed by atoms with Gasteiger partial charge in [0.2, 0.25) is 5.91 Å². The number of benzene rings is 2. The molecule has 0 aliphatic carbocycles. The van der Waals surface area contributed by atoms with E-state index in [1.54, 1.807) is 31.2 Å². The number of nitrogens with one attached hydrogen (secondary N) is 1. The lowest BCUT2D eigenvalue weighted by Gasteiger charge is -2.06. The monoisotopic (exact) mass is 269 g/mol. The molecule has 0 aliphatic rings. The van der Waals surface area contributed by atoms with Crippen molar-refractivity contribution in [1.82, 2.24) is 5.32 Å². The number of amides is 1. The molecule has 0 heterocycles. The molecule has 3 heteroatoms. The first-order valence-electron chi connectivity index (χ1n) is 6.42. The van der Waals surface area contributed by atoms with Crippen molar-refractivity contribution in [2.45, 2.75) is 13.5 Å². The highest BCUT2D eigenvalue weighted by atomic mass is 19.1. The van der Waals surface area contributed by atoms with Gasteiger partial charge in [0.15, 0.2) is 0 Å². The molecule has 0 bridgehead atoms. The van der Waals surface area contributed by atoms with Crippen LogP contribution in [0.3, 0.4) is 0 Å². The van der Waals surface area contributed by atoms with E-state index in [1.165, 1.54) is 6.07 Å². The topological polar surface area (TPSA) is 29.1 Å². The SMILES string of the molecule is C/C(=C\c1ccccc1)C(=O)NCc1ccccc1F. The molecule has 2 nitrogen and oxygen atoms in total. The minimum atomic E-state index is -0.308. The van der Waals surface area contributed by atoms with Gasteiger partial charge in [0.1, 0.15) is 5.82 Å². The van der Waals surface area contributed by atoms with Crippen molar-refractivity contribution >= 4 is 12.0 Å². The number of carbonyl (C=O) groups excluding carboxylic acids is 1. The van der Waals surface area contributed by atoms with E-state index in [4.69, 9.17) is 0 Å². The molecule has 0 saturated heterocycles. The Bertz CT molecular complexity index is 620. The summed E-state index contributed by atoms with van der Waals surface area (Å²) in [6, 6.07) is 16.0. The molecule has 0 aliphatic heterocycles. The fourth-order valence-electron chi connectivity index (χ4n) is 1.82. The zero-order chi connectivity index (χ0) is 14.4. The molecule has 1 N–H and O–H groups in total. The Labute approximate surface area is 118 Å². The van der Waals surface area contributed by atoms with Crippen LogP contribution >= 0.6 is 0 Å². The van der Waals surface area contributed by atoms with Gasteiger partial charge in [-0.15, -0.1) is 0 Å². The van der Waals surface area contributed by atoms with Gasteiger partial charge < -0.3 is 5.32 Å². The third kappa shape index (κ3) is 3.79. The predicted octanol–water partition coefficient (Wildman–Crippen LogP) is 3.55. The minimum absolute atomic E-state index is 0.186. The summed E-state index contributed by atoms with van der Waals surface area (Å²) < 4.78 is 13.4. The van der Waals surface area contributed by atoms with Crippen LogP contribution in [0.5, 0.6) is 0 Å². The largest absolute Gasteiger partial charge is 0.348 e. The molecule has 2 aromatic rings. The van der Waals surface area contributed by atoms with Crippen molar-refractivity contribution in [3.05, 3.63) is 77.1 Å². The van der Waals surface area contributed by atoms with Crippen LogP contribution < -0.4 is 5.32 Å². The van der Waals surface area contributed by atoms with Crippen molar-refractivity contribution in [2.75, 3.05) is 0 Å². The quantitative estimate of drug-likeness (QED) is 0.845. The summed E-state index contributed by atoms with van der Waals surface area (Å²) in [6.07, 6.45) is 1.80. The average molecular weight is 269 g/mol. The maximum absolute atomic E-state index is 13.4. The van der Waals surface area contributed by atoms with Crippen LogP contribution in [-0.4, -0.2) is 5.91 Å². The molecule has 0 spiro atoms. The number of hydrogen-bond donors (Lipinski definition) is 1. The molecule has 0 unspecified atom stereocenters. The van der Waals surface area contributed by atoms with Gasteiger partial charge in [0.05, 0.1) is 0 Å². The second-order valence-corrected chi connectivity index (χ2v) is 4.51. The molecule has 0 saturated carbocycles. The van der Waals surface area contributed by atoms with E-state index in [0.29, 0.717) is 11.1 Å². The summed E-state index contributed by atoms with van der Waals surface area (Å²) in [5, 5.41) is 2.71. The lowest BCUT2D eigenvalue weighted by atomic mass is 10.1. The minimum Gasteiger partial charge on any atom is -0.348 e. The first kappa shape index (κ1) is 14.0. The normalized spacial score (nSPS) is 11.2. The van der Waals surface area contributed by atoms with Gasteiger partial charge in [-0.1, -0.05) is 48.5 Å². The zero-order valence-electron chi connectivity index (χ0n) is 11.3. The smallest absolute Gasteiger partial charge is 0.247 e. The Morgan fingerprint density at radius 2 is 1.75 bits per heavy atom. The Kier molecular flexibility index (Phi) is 4.66. The van der Waals surface area contributed by atoms with Crippen molar-refractivity contribution in [1.29, 1.82) is 0 Å². The van der Waals surface area contributed by atoms with E-state index in [0.717, 1.165) is 5.56 Å². The summed E-state index contributed by atoms with van der Waals surface area (Å²) in [5.74, 6) is -0.505. The molecular weight excluding hydrogens is 253 g/mol. The molecule has 0 radical (unpaired) electrons. The lowest BCUT2D eigenvalue weighted by Crippen LogP contribution is -2.23. The van der Waals surface area contributed by atoms with Crippen molar-refractivity contribution < 1.29 is 9.18 Å². The van der Waals surface area contributed by atoms with Crippen molar-refractivity contribution in [2.24, 2.45) is 0 Å². The van der Waals surface area contributed by atoms with Gasteiger partial charge in [-0.2, -0.15) is 0 Å². The van der Waals surface area contributed by atoms with Crippen LogP contribution in [0, 0.1) is 5.82 Å². The van der Waals surface area contributed by atoms with Gasteiger partial charge in [-0.3, -0.25) is 4.79 Å². The molecule has 2 aromatic carbocycles. The van der Waals surface area contributed by atoms with Crippen LogP contribution in [0.25, 0.3) is 6.08 Å². The maximum Gasteiger partial charge on any atom is 0.247 e. The van der Waals surface area contributed by atoms with Gasteiger partial charge >= 0.3 is 0 Å². The predicted molar refractivity (Wildman–Crippen MR) is 78.3 cm³/mol. The van der Waals surface area contributed by atoms with E-state index in [-0.39, 0.29) is 18.3 Å². The molecular formula is C17H16FNO. The first-order valence-corrected chi connectivity index (χ1v) is 6.42. The number of hydrogen-bond acceptors (Lipinski definition) is 1. The van der Waals surface area contributed by atoms with E-state index >= 15 is 0 Å². The summed E-state index contributed by atoms with van der Waals surface area (Å²) >= 11 is 0. The highest BCUT2D eigenvalue weighted by Gasteiger charge is 2.06. The van der Waals surface area contributed by atoms with E-state index in [2.05, 4.69) is 5.32 Å². The van der Waals surface area contributed by atoms with Gasteiger partial charge in [0, 0.05) is 17.7 Å². The Hall–Kier alpha value is -2.42. The summed E-state index contributed by atoms with van der Waals surface area (Å²) in [6.45, 7) is 1.93. The third-order valence-corrected chi connectivity index (χ3v) is 2.94. The first-order chi connectivity index (χ1) is 9.66. The van der Waals surface area contributed by atoms with Crippen LogP contribution in [0.1, 0.15) is 18.1 Å². The highest BCUT2D eigenvalue weighted by molar-refractivity contribution is 5.97. The van der Waals surface area contributed by atoms with E-state index in [1.807, 2.05) is 30.3 Å². The maximum atomic E-state index is 13.4. The Balaban J connectivity index is 1.99. The second-order valence-electron chi connectivity index (χ2n) is 4.51. The number of halogens is 1. The molecule has 0 atom stereocenters. The van der Waals surface area contributed by atoms with Gasteiger partial charge in [0.25, 0.3) is 0 Å². The molecule has 0 aromatic heterocycles. The van der Waals surface area contributed by atoms with Crippen molar-refractivity contribution in [3.8, 4) is 0 Å². The molecule has 102 valence electrons. The van der Waals surface area contributed by atoms with Crippen molar-refractivity contribution in [3.63, 3.8) is 0 Å². The fourth-order valence-corrected chi connectivity index (χ4v) is 1.82. The molecule has 0 fully saturated rings. The Morgan fingerprint density at radius 1 is 1.10 bits per heavy atom. The number of rotatable bonds is 4. The zero-order valence-corrected chi connectivity index (χ0v) is 11.3. The standard InChI is InChI=1S/C17H16FNO/c1-13(11-14-7-3-2-4-8-14)17(20)19-12-15-9-5-6-10-16(15)18/h2-11H,12H2,1H3,(H,19,20)/b13-11+. The van der Waals surface area contributed by atoms with Crippen LogP contribution in [0.4, 0.5) is 4.39 Å². The third-order valence-electron chi connectivity index (χ3n) is 2.94. The van der Waals surface area contributed by atoms with E-state index in [9.17, 15) is 9.18 Å². The fraction of sp³-hybridized carbons (Fsp3) is 0.118. The average Bonchev–Trinajstić information content (AvgIpc) is 2.47. The van der Waals surface area contributed by atoms with Crippen LogP contribution in [0.15, 0.2) is 60.2 Å². The van der Waals surface area contributed by atoms with Crippen LogP contribution in [0.2, 0.25) is 0 Å². The summed E-state index contributed by atoms with van der Waals surface area (Å²) in [5.41, 5.74) is 2.03. The van der Waals surface area contributed by atoms with Crippen LogP contribution in [-0.2, 0) is 11.3 Å². The molecule has 2 rings (SSSR count). The Morgan fingerprint density at radius 3 is 2.45 bits per heavy atom. The highest BCUT2D eigenvalue weighted by Crippen LogP contribution is 2.08. The molecule has 1 amide bonds. The van der Waals surface area contributed by atoms with Gasteiger partial charge in [-0.25, -0.2) is 4.39 Å². The summed E-state index contributed by atoms with van der Waals surface area (Å²) in [7, 11) is 0. The molecule has 20 heavy (non-hydrogen) atoms. The van der Waals surface area contributed by atoms with Gasteiger partial charge in [-0.05, 0) is 24.6 Å². The summed E-state index contributed by atoms with van der Waals surface area (Å²) in [4.78, 5) is 11.9. The second kappa shape index (κ2) is 6.66.